The van der Waals surface area contributed by atoms with E-state index in [2.05, 4.69) is 4.98 Å². The number of aromatic nitrogens is 1. The number of nitrogens with one attached hydrogen (secondary N) is 1. The SMILES string of the molecule is CCOC(=O)c1c[nH]c2c(Cl)cccc2c1=S. The highest BCUT2D eigenvalue weighted by Crippen LogP contribution is 2.23. The van der Waals surface area contributed by atoms with Crippen molar-refractivity contribution in [3.05, 3.63) is 39.5 Å². The lowest BCUT2D eigenvalue weighted by Crippen LogP contribution is -2.06. The Morgan fingerprint density at radius 1 is 1.53 bits per heavy atom. The highest BCUT2D eigenvalue weighted by molar-refractivity contribution is 7.71. The van der Waals surface area contributed by atoms with Crippen molar-refractivity contribution in [2.75, 3.05) is 6.61 Å². The van der Waals surface area contributed by atoms with E-state index in [0.717, 1.165) is 10.9 Å². The molecule has 0 saturated carbocycles. The number of fused-ring (bicyclic) bond motifs is 1. The Labute approximate surface area is 108 Å². The molecule has 2 rings (SSSR count). The molecule has 0 radical (unpaired) electrons. The lowest BCUT2D eigenvalue weighted by molar-refractivity contribution is 0.0525. The molecule has 0 bridgehead atoms. The van der Waals surface area contributed by atoms with Crippen LogP contribution in [0.4, 0.5) is 0 Å². The van der Waals surface area contributed by atoms with Gasteiger partial charge in [0.1, 0.15) is 0 Å². The first-order valence-electron chi connectivity index (χ1n) is 5.12. The van der Waals surface area contributed by atoms with Gasteiger partial charge in [0, 0.05) is 11.6 Å². The quantitative estimate of drug-likeness (QED) is 0.666. The number of ether oxygens (including phenoxy) is 1. The van der Waals surface area contributed by atoms with Crippen LogP contribution in [0.25, 0.3) is 10.9 Å². The third kappa shape index (κ3) is 2.18. The maximum atomic E-state index is 11.7. The number of hydrogen-bond acceptors (Lipinski definition) is 3. The van der Waals surface area contributed by atoms with Crippen molar-refractivity contribution < 1.29 is 9.53 Å². The molecule has 3 nitrogen and oxygen atoms in total. The lowest BCUT2D eigenvalue weighted by atomic mass is 10.1. The van der Waals surface area contributed by atoms with E-state index >= 15 is 0 Å². The molecule has 17 heavy (non-hydrogen) atoms. The number of carbonyl (C=O) groups excluding carboxylic acids is 1. The van der Waals surface area contributed by atoms with E-state index in [1.54, 1.807) is 19.1 Å². The average molecular weight is 268 g/mol. The minimum atomic E-state index is -0.421. The number of aromatic amines is 1. The smallest absolute Gasteiger partial charge is 0.341 e. The second kappa shape index (κ2) is 4.85. The molecule has 0 spiro atoms. The average Bonchev–Trinajstić information content (AvgIpc) is 2.31. The molecule has 0 fully saturated rings. The lowest BCUT2D eigenvalue weighted by Gasteiger charge is -2.05. The minimum Gasteiger partial charge on any atom is -0.462 e. The maximum Gasteiger partial charge on any atom is 0.341 e. The van der Waals surface area contributed by atoms with Crippen LogP contribution in [0.1, 0.15) is 17.3 Å². The van der Waals surface area contributed by atoms with Crippen LogP contribution in [0.15, 0.2) is 24.4 Å². The standard InChI is InChI=1S/C12H10ClNO2S/c1-2-16-12(15)8-6-14-10-7(11(8)17)4-3-5-9(10)13/h3-6H,2H2,1H3,(H,14,17). The molecular weight excluding hydrogens is 258 g/mol. The summed E-state index contributed by atoms with van der Waals surface area (Å²) in [7, 11) is 0. The molecule has 0 saturated heterocycles. The van der Waals surface area contributed by atoms with Crippen molar-refractivity contribution in [2.45, 2.75) is 6.92 Å². The molecule has 2 aromatic rings. The van der Waals surface area contributed by atoms with Crippen molar-refractivity contribution >= 4 is 40.7 Å². The number of esters is 1. The van der Waals surface area contributed by atoms with Crippen LogP contribution in [0.5, 0.6) is 0 Å². The van der Waals surface area contributed by atoms with Gasteiger partial charge in [-0.2, -0.15) is 0 Å². The van der Waals surface area contributed by atoms with Crippen LogP contribution in [-0.2, 0) is 4.74 Å². The Morgan fingerprint density at radius 3 is 3.00 bits per heavy atom. The molecule has 0 aliphatic heterocycles. The van der Waals surface area contributed by atoms with Gasteiger partial charge in [0.05, 0.1) is 27.2 Å². The van der Waals surface area contributed by atoms with Gasteiger partial charge in [-0.3, -0.25) is 0 Å². The molecule has 1 heterocycles. The van der Waals surface area contributed by atoms with Crippen molar-refractivity contribution in [1.82, 2.24) is 4.98 Å². The molecule has 0 atom stereocenters. The number of benzene rings is 1. The summed E-state index contributed by atoms with van der Waals surface area (Å²) in [5.74, 6) is -0.421. The summed E-state index contributed by atoms with van der Waals surface area (Å²) < 4.78 is 5.39. The van der Waals surface area contributed by atoms with Gasteiger partial charge >= 0.3 is 5.97 Å². The Bertz CT molecular complexity index is 636. The van der Waals surface area contributed by atoms with E-state index in [1.807, 2.05) is 6.07 Å². The molecule has 88 valence electrons. The largest absolute Gasteiger partial charge is 0.462 e. The highest BCUT2D eigenvalue weighted by Gasteiger charge is 2.11. The molecule has 0 aliphatic carbocycles. The number of rotatable bonds is 2. The van der Waals surface area contributed by atoms with Gasteiger partial charge in [-0.15, -0.1) is 0 Å². The fraction of sp³-hybridized carbons (Fsp3) is 0.167. The van der Waals surface area contributed by atoms with Crippen LogP contribution in [0.2, 0.25) is 5.02 Å². The summed E-state index contributed by atoms with van der Waals surface area (Å²) in [6.07, 6.45) is 1.54. The van der Waals surface area contributed by atoms with E-state index in [4.69, 9.17) is 28.6 Å². The first-order chi connectivity index (χ1) is 8.15. The molecular formula is C12H10ClNO2S. The number of carbonyl (C=O) groups is 1. The van der Waals surface area contributed by atoms with E-state index < -0.39 is 5.97 Å². The van der Waals surface area contributed by atoms with E-state index in [-0.39, 0.29) is 0 Å². The molecule has 0 aliphatic rings. The van der Waals surface area contributed by atoms with Crippen molar-refractivity contribution in [3.63, 3.8) is 0 Å². The van der Waals surface area contributed by atoms with Crippen molar-refractivity contribution in [1.29, 1.82) is 0 Å². The minimum absolute atomic E-state index is 0.321. The second-order valence-electron chi connectivity index (χ2n) is 3.41. The topological polar surface area (TPSA) is 42.1 Å². The summed E-state index contributed by atoms with van der Waals surface area (Å²) >= 11 is 11.3. The first kappa shape index (κ1) is 12.1. The number of pyridine rings is 1. The monoisotopic (exact) mass is 267 g/mol. The maximum absolute atomic E-state index is 11.7. The summed E-state index contributed by atoms with van der Waals surface area (Å²) in [5, 5.41) is 1.32. The summed E-state index contributed by atoms with van der Waals surface area (Å²) in [6, 6.07) is 5.38. The summed E-state index contributed by atoms with van der Waals surface area (Å²) in [5.41, 5.74) is 1.09. The number of halogens is 1. The molecule has 1 aromatic carbocycles. The van der Waals surface area contributed by atoms with Gasteiger partial charge in [-0.05, 0) is 13.0 Å². The molecule has 0 amide bonds. The van der Waals surface area contributed by atoms with Gasteiger partial charge in [0.2, 0.25) is 0 Å². The molecule has 1 aromatic heterocycles. The molecule has 0 unspecified atom stereocenters. The molecule has 5 heteroatoms. The highest BCUT2D eigenvalue weighted by atomic mass is 35.5. The number of H-pyrrole nitrogens is 1. The van der Waals surface area contributed by atoms with Crippen LogP contribution in [0.3, 0.4) is 0 Å². The predicted octanol–water partition coefficient (Wildman–Crippen LogP) is 3.73. The van der Waals surface area contributed by atoms with Gasteiger partial charge in [-0.1, -0.05) is 36.0 Å². The Hall–Kier alpha value is -1.39. The van der Waals surface area contributed by atoms with Gasteiger partial charge in [0.25, 0.3) is 0 Å². The first-order valence-corrected chi connectivity index (χ1v) is 5.90. The van der Waals surface area contributed by atoms with Gasteiger partial charge in [0.15, 0.2) is 0 Å². The van der Waals surface area contributed by atoms with Crippen LogP contribution in [0, 0.1) is 4.51 Å². The fourth-order valence-electron chi connectivity index (χ4n) is 1.58. The Balaban J connectivity index is 2.67. The van der Waals surface area contributed by atoms with Crippen LogP contribution >= 0.6 is 23.8 Å². The number of hydrogen-bond donors (Lipinski definition) is 1. The Kier molecular flexibility index (Phi) is 3.45. The predicted molar refractivity (Wildman–Crippen MR) is 70.1 cm³/mol. The van der Waals surface area contributed by atoms with E-state index in [0.29, 0.717) is 21.7 Å². The normalized spacial score (nSPS) is 10.5. The summed E-state index contributed by atoms with van der Waals surface area (Å²) in [6.45, 7) is 2.07. The van der Waals surface area contributed by atoms with Gasteiger partial charge in [-0.25, -0.2) is 4.79 Å². The van der Waals surface area contributed by atoms with E-state index in [1.165, 1.54) is 6.20 Å². The van der Waals surface area contributed by atoms with Crippen molar-refractivity contribution in [3.8, 4) is 0 Å². The van der Waals surface area contributed by atoms with Crippen molar-refractivity contribution in [2.24, 2.45) is 0 Å². The van der Waals surface area contributed by atoms with E-state index in [9.17, 15) is 4.79 Å². The van der Waals surface area contributed by atoms with Crippen LogP contribution in [-0.4, -0.2) is 17.6 Å². The zero-order valence-electron chi connectivity index (χ0n) is 9.12. The van der Waals surface area contributed by atoms with Gasteiger partial charge < -0.3 is 9.72 Å². The Morgan fingerprint density at radius 2 is 2.29 bits per heavy atom. The molecule has 1 N–H and O–H groups in total. The fourth-order valence-corrected chi connectivity index (χ4v) is 2.12. The number of para-hydroxylation sites is 1. The third-order valence-electron chi connectivity index (χ3n) is 2.36. The third-order valence-corrected chi connectivity index (χ3v) is 3.11. The zero-order chi connectivity index (χ0) is 12.4. The summed E-state index contributed by atoms with van der Waals surface area (Å²) in [4.78, 5) is 14.6. The van der Waals surface area contributed by atoms with Crippen LogP contribution < -0.4 is 0 Å². The zero-order valence-corrected chi connectivity index (χ0v) is 10.7. The second-order valence-corrected chi connectivity index (χ2v) is 4.23.